The van der Waals surface area contributed by atoms with Crippen LogP contribution < -0.4 is 10.2 Å². The molecule has 0 aromatic carbocycles. The average molecular weight is 330 g/mol. The van der Waals surface area contributed by atoms with Gasteiger partial charge in [0.15, 0.2) is 5.76 Å². The summed E-state index contributed by atoms with van der Waals surface area (Å²) in [6.45, 7) is 4.95. The molecule has 0 unspecified atom stereocenters. The molecule has 24 heavy (non-hydrogen) atoms. The Morgan fingerprint density at radius 3 is 2.96 bits per heavy atom. The number of methoxy groups -OCH3 is 1. The summed E-state index contributed by atoms with van der Waals surface area (Å²) in [4.78, 5) is 22.8. The molecule has 2 aromatic rings. The third kappa shape index (κ3) is 3.41. The second-order valence-corrected chi connectivity index (χ2v) is 6.05. The van der Waals surface area contributed by atoms with E-state index in [1.807, 2.05) is 26.0 Å². The standard InChI is InChI=1S/C17H22N4O3/c1-11-6-12(2)24-16(11)17(22)19-8-13-7-14(23-3)9-21(13)15-4-5-18-10-20-15/h4-6,10,13-14H,7-9H2,1-3H3,(H,19,22)/t13-,14-/m1/s1. The molecule has 7 heteroatoms. The van der Waals surface area contributed by atoms with Crippen LogP contribution in [0.1, 0.15) is 28.3 Å². The van der Waals surface area contributed by atoms with Crippen LogP contribution in [0.5, 0.6) is 0 Å². The molecule has 3 heterocycles. The first-order chi connectivity index (χ1) is 11.6. The molecule has 1 aliphatic heterocycles. The number of nitrogens with one attached hydrogen (secondary N) is 1. The molecule has 0 radical (unpaired) electrons. The number of amides is 1. The highest BCUT2D eigenvalue weighted by atomic mass is 16.5. The van der Waals surface area contributed by atoms with Crippen molar-refractivity contribution in [2.24, 2.45) is 0 Å². The van der Waals surface area contributed by atoms with E-state index in [-0.39, 0.29) is 18.1 Å². The fourth-order valence-corrected chi connectivity index (χ4v) is 3.13. The van der Waals surface area contributed by atoms with Gasteiger partial charge in [-0.25, -0.2) is 9.97 Å². The van der Waals surface area contributed by atoms with Crippen molar-refractivity contribution >= 4 is 11.7 Å². The number of furan rings is 1. The Kier molecular flexibility index (Phi) is 4.80. The highest BCUT2D eigenvalue weighted by Crippen LogP contribution is 2.25. The van der Waals surface area contributed by atoms with E-state index < -0.39 is 0 Å². The van der Waals surface area contributed by atoms with Crippen LogP contribution in [-0.4, -0.2) is 48.2 Å². The Hall–Kier alpha value is -2.41. The van der Waals surface area contributed by atoms with E-state index in [1.165, 1.54) is 6.33 Å². The highest BCUT2D eigenvalue weighted by Gasteiger charge is 2.33. The third-order valence-corrected chi connectivity index (χ3v) is 4.32. The maximum absolute atomic E-state index is 12.3. The van der Waals surface area contributed by atoms with Crippen LogP contribution in [0.2, 0.25) is 0 Å². The van der Waals surface area contributed by atoms with Crippen molar-refractivity contribution in [3.8, 4) is 0 Å². The van der Waals surface area contributed by atoms with Crippen molar-refractivity contribution in [3.63, 3.8) is 0 Å². The zero-order valence-corrected chi connectivity index (χ0v) is 14.2. The molecular formula is C17H22N4O3. The Balaban J connectivity index is 1.68. The zero-order chi connectivity index (χ0) is 17.1. The molecule has 0 spiro atoms. The van der Waals surface area contributed by atoms with Crippen molar-refractivity contribution in [3.05, 3.63) is 41.7 Å². The minimum Gasteiger partial charge on any atom is -0.456 e. The molecule has 7 nitrogen and oxygen atoms in total. The lowest BCUT2D eigenvalue weighted by molar-refractivity contribution is 0.0917. The summed E-state index contributed by atoms with van der Waals surface area (Å²) in [5.74, 6) is 1.76. The summed E-state index contributed by atoms with van der Waals surface area (Å²) >= 11 is 0. The van der Waals surface area contributed by atoms with Gasteiger partial charge in [0.1, 0.15) is 17.9 Å². The lowest BCUT2D eigenvalue weighted by Gasteiger charge is -2.25. The van der Waals surface area contributed by atoms with Crippen LogP contribution in [0.3, 0.4) is 0 Å². The molecule has 3 rings (SSSR count). The number of ether oxygens (including phenoxy) is 1. The van der Waals surface area contributed by atoms with Crippen LogP contribution >= 0.6 is 0 Å². The minimum absolute atomic E-state index is 0.116. The summed E-state index contributed by atoms with van der Waals surface area (Å²) in [5, 5.41) is 2.97. The van der Waals surface area contributed by atoms with Gasteiger partial charge in [-0.2, -0.15) is 0 Å². The van der Waals surface area contributed by atoms with E-state index in [0.29, 0.717) is 12.3 Å². The lowest BCUT2D eigenvalue weighted by Crippen LogP contribution is -2.40. The molecule has 2 aromatic heterocycles. The smallest absolute Gasteiger partial charge is 0.287 e. The van der Waals surface area contributed by atoms with Gasteiger partial charge in [-0.3, -0.25) is 4.79 Å². The van der Waals surface area contributed by atoms with E-state index in [0.717, 1.165) is 30.1 Å². The van der Waals surface area contributed by atoms with E-state index in [9.17, 15) is 4.79 Å². The number of nitrogens with zero attached hydrogens (tertiary/aromatic N) is 3. The SMILES string of the molecule is CO[C@@H]1C[C@H](CNC(=O)c2oc(C)cc2C)N(c2ccncn2)C1. The van der Waals surface area contributed by atoms with Crippen LogP contribution in [0.4, 0.5) is 5.82 Å². The first kappa shape index (κ1) is 16.4. The van der Waals surface area contributed by atoms with Gasteiger partial charge in [-0.05, 0) is 32.4 Å². The molecule has 128 valence electrons. The fourth-order valence-electron chi connectivity index (χ4n) is 3.13. The third-order valence-electron chi connectivity index (χ3n) is 4.32. The largest absolute Gasteiger partial charge is 0.456 e. The van der Waals surface area contributed by atoms with Gasteiger partial charge in [0.2, 0.25) is 0 Å². The summed E-state index contributed by atoms with van der Waals surface area (Å²) in [7, 11) is 1.71. The van der Waals surface area contributed by atoms with Crippen molar-refractivity contribution in [2.45, 2.75) is 32.4 Å². The Bertz CT molecular complexity index is 701. The first-order valence-corrected chi connectivity index (χ1v) is 7.99. The van der Waals surface area contributed by atoms with Gasteiger partial charge in [-0.1, -0.05) is 0 Å². The lowest BCUT2D eigenvalue weighted by atomic mass is 10.2. The number of anilines is 1. The maximum Gasteiger partial charge on any atom is 0.287 e. The van der Waals surface area contributed by atoms with Crippen LogP contribution in [0, 0.1) is 13.8 Å². The van der Waals surface area contributed by atoms with Gasteiger partial charge in [0, 0.05) is 32.0 Å². The Labute approximate surface area is 141 Å². The number of aryl methyl sites for hydroxylation is 2. The Morgan fingerprint density at radius 2 is 2.33 bits per heavy atom. The molecule has 1 fully saturated rings. The Morgan fingerprint density at radius 1 is 1.50 bits per heavy atom. The predicted molar refractivity (Wildman–Crippen MR) is 89.1 cm³/mol. The minimum atomic E-state index is -0.191. The van der Waals surface area contributed by atoms with E-state index in [1.54, 1.807) is 13.3 Å². The summed E-state index contributed by atoms with van der Waals surface area (Å²) in [5.41, 5.74) is 0.846. The number of hydrogen-bond donors (Lipinski definition) is 1. The number of carbonyl (C=O) groups is 1. The van der Waals surface area contributed by atoms with Crippen LogP contribution in [0.25, 0.3) is 0 Å². The number of hydrogen-bond acceptors (Lipinski definition) is 6. The quantitative estimate of drug-likeness (QED) is 0.899. The van der Waals surface area contributed by atoms with Crippen molar-refractivity contribution < 1.29 is 13.9 Å². The summed E-state index contributed by atoms with van der Waals surface area (Å²) in [6.07, 6.45) is 4.19. The van der Waals surface area contributed by atoms with E-state index >= 15 is 0 Å². The van der Waals surface area contributed by atoms with Gasteiger partial charge >= 0.3 is 0 Å². The van der Waals surface area contributed by atoms with Crippen molar-refractivity contribution in [1.29, 1.82) is 0 Å². The van der Waals surface area contributed by atoms with E-state index in [4.69, 9.17) is 9.15 Å². The highest BCUT2D eigenvalue weighted by molar-refractivity contribution is 5.92. The van der Waals surface area contributed by atoms with Crippen molar-refractivity contribution in [1.82, 2.24) is 15.3 Å². The van der Waals surface area contributed by atoms with Gasteiger partial charge in [0.25, 0.3) is 5.91 Å². The fraction of sp³-hybridized carbons (Fsp3) is 0.471. The van der Waals surface area contributed by atoms with Crippen molar-refractivity contribution in [2.75, 3.05) is 25.1 Å². The zero-order valence-electron chi connectivity index (χ0n) is 14.2. The molecule has 1 N–H and O–H groups in total. The monoisotopic (exact) mass is 330 g/mol. The number of aromatic nitrogens is 2. The second kappa shape index (κ2) is 7.00. The van der Waals surface area contributed by atoms with Gasteiger partial charge in [0.05, 0.1) is 12.1 Å². The topological polar surface area (TPSA) is 80.5 Å². The second-order valence-electron chi connectivity index (χ2n) is 6.05. The van der Waals surface area contributed by atoms with E-state index in [2.05, 4.69) is 20.2 Å². The first-order valence-electron chi connectivity index (χ1n) is 7.99. The molecule has 1 aliphatic rings. The normalized spacial score (nSPS) is 20.4. The molecule has 0 aliphatic carbocycles. The molecule has 0 bridgehead atoms. The molecule has 0 saturated carbocycles. The molecule has 2 atom stereocenters. The number of rotatable bonds is 5. The maximum atomic E-state index is 12.3. The average Bonchev–Trinajstić information content (AvgIpc) is 3.16. The molecule has 1 saturated heterocycles. The molecular weight excluding hydrogens is 308 g/mol. The molecule has 1 amide bonds. The van der Waals surface area contributed by atoms with Crippen LogP contribution in [-0.2, 0) is 4.74 Å². The predicted octanol–water partition coefficient (Wildman–Crippen LogP) is 1.71. The van der Waals surface area contributed by atoms with Gasteiger partial charge < -0.3 is 19.4 Å². The number of carbonyl (C=O) groups excluding carboxylic acids is 1. The summed E-state index contributed by atoms with van der Waals surface area (Å²) in [6, 6.07) is 3.84. The van der Waals surface area contributed by atoms with Crippen LogP contribution in [0.15, 0.2) is 29.1 Å². The van der Waals surface area contributed by atoms with Gasteiger partial charge in [-0.15, -0.1) is 0 Å². The summed E-state index contributed by atoms with van der Waals surface area (Å²) < 4.78 is 11.0.